The quantitative estimate of drug-likeness (QED) is 0.318. The number of likely N-dealkylation sites (N-methyl/N-ethyl adjacent to an activating group) is 1. The SMILES string of the molecule is CC[C@H](C)[C@@H]1NC(=O)[C@H](C)NC(=O)[C@H](Cc2ccc(OC)cc2)NC(=O)CC[C@@H]2CSC(=N2)[C@H](C)[C@@H](O)C[C@H](C)C[C@@H](C(C)(C)C)OC(=O)[C@H](C)N(C)C1=O. The lowest BCUT2D eigenvalue weighted by Crippen LogP contribution is -2.58. The Morgan fingerprint density at radius 2 is 1.65 bits per heavy atom. The summed E-state index contributed by atoms with van der Waals surface area (Å²) in [6.45, 7) is 16.8. The van der Waals surface area contributed by atoms with Gasteiger partial charge in [-0.1, -0.05) is 67.0 Å². The van der Waals surface area contributed by atoms with Crippen LogP contribution in [0.25, 0.3) is 0 Å². The number of nitrogens with one attached hydrogen (secondary N) is 3. The van der Waals surface area contributed by atoms with Gasteiger partial charge >= 0.3 is 5.97 Å². The fraction of sp³-hybridized carbons (Fsp3) is 0.707. The fourth-order valence-corrected chi connectivity index (χ4v) is 7.82. The Bertz CT molecular complexity index is 1510. The molecule has 0 spiro atoms. The molecule has 2 aliphatic rings. The molecular formula is C41H65N5O8S. The lowest BCUT2D eigenvalue weighted by Gasteiger charge is -2.36. The first-order chi connectivity index (χ1) is 25.7. The standard InChI is InChI=1S/C41H65N5O8S/c1-12-24(3)35-39(51)46(10)27(6)40(52)54-33(41(7,8)9)20-23(2)19-32(47)25(4)38-43-29(22-55-38)15-18-34(48)44-31(37(50)42-26(5)36(49)45-35)21-28-13-16-30(53-11)17-14-28/h13-14,16-17,23-27,29,31-33,35,47H,12,15,18-22H2,1-11H3,(H,42,50)(H,44,48)(H,45,49)/t23-,24-,25+,26-,27-,29+,31-,32-,33-,35-/m0/s1. The van der Waals surface area contributed by atoms with Crippen LogP contribution in [0.4, 0.5) is 0 Å². The fourth-order valence-electron chi connectivity index (χ4n) is 6.57. The van der Waals surface area contributed by atoms with E-state index in [1.165, 1.54) is 18.9 Å². The minimum Gasteiger partial charge on any atom is -0.497 e. The molecule has 1 aromatic carbocycles. The second-order valence-electron chi connectivity index (χ2n) is 16.6. The van der Waals surface area contributed by atoms with Gasteiger partial charge in [0.2, 0.25) is 23.6 Å². The van der Waals surface area contributed by atoms with Gasteiger partial charge in [-0.2, -0.15) is 0 Å². The van der Waals surface area contributed by atoms with Gasteiger partial charge in [-0.05, 0) is 68.1 Å². The molecule has 308 valence electrons. The molecule has 1 aromatic rings. The third kappa shape index (κ3) is 13.2. The molecule has 2 bridgehead atoms. The summed E-state index contributed by atoms with van der Waals surface area (Å²) in [5.74, 6) is -1.67. The van der Waals surface area contributed by atoms with Gasteiger partial charge in [0.05, 0.1) is 24.3 Å². The van der Waals surface area contributed by atoms with Crippen molar-refractivity contribution >= 4 is 46.4 Å². The predicted molar refractivity (Wildman–Crippen MR) is 216 cm³/mol. The third-order valence-electron chi connectivity index (χ3n) is 10.9. The van der Waals surface area contributed by atoms with Crippen LogP contribution in [-0.4, -0.2) is 107 Å². The number of rotatable bonds is 5. The predicted octanol–water partition coefficient (Wildman–Crippen LogP) is 4.28. The first kappa shape index (κ1) is 45.7. The Balaban J connectivity index is 1.94. The lowest BCUT2D eigenvalue weighted by molar-refractivity contribution is -0.164. The van der Waals surface area contributed by atoms with E-state index in [0.29, 0.717) is 37.2 Å². The van der Waals surface area contributed by atoms with Crippen LogP contribution in [0.2, 0.25) is 0 Å². The molecule has 0 saturated heterocycles. The number of hydrogen-bond donors (Lipinski definition) is 4. The van der Waals surface area contributed by atoms with Gasteiger partial charge in [0, 0.05) is 31.6 Å². The number of thioether (sulfide) groups is 1. The first-order valence-electron chi connectivity index (χ1n) is 19.6. The molecule has 3 rings (SSSR count). The van der Waals surface area contributed by atoms with Crippen LogP contribution < -0.4 is 20.7 Å². The van der Waals surface area contributed by atoms with E-state index in [4.69, 9.17) is 14.5 Å². The van der Waals surface area contributed by atoms with Gasteiger partial charge in [-0.15, -0.1) is 11.8 Å². The third-order valence-corrected chi connectivity index (χ3v) is 12.3. The topological polar surface area (TPSA) is 176 Å². The molecule has 10 atom stereocenters. The monoisotopic (exact) mass is 787 g/mol. The Kier molecular flexibility index (Phi) is 17.0. The zero-order valence-corrected chi connectivity index (χ0v) is 35.5. The number of nitrogens with zero attached hydrogens (tertiary/aromatic N) is 2. The summed E-state index contributed by atoms with van der Waals surface area (Å²) in [6.07, 6.45) is 1.13. The number of aliphatic hydroxyl groups is 1. The number of esters is 1. The van der Waals surface area contributed by atoms with Crippen molar-refractivity contribution < 1.29 is 38.6 Å². The minimum atomic E-state index is -1.06. The lowest BCUT2D eigenvalue weighted by atomic mass is 9.81. The Labute approximate surface area is 331 Å². The van der Waals surface area contributed by atoms with E-state index in [-0.39, 0.29) is 42.5 Å². The highest BCUT2D eigenvalue weighted by molar-refractivity contribution is 8.14. The highest BCUT2D eigenvalue weighted by Gasteiger charge is 2.38. The molecule has 14 heteroatoms. The zero-order valence-electron chi connectivity index (χ0n) is 34.6. The summed E-state index contributed by atoms with van der Waals surface area (Å²) < 4.78 is 11.4. The number of cyclic esters (lactones) is 1. The number of fused-ring (bicyclic) bond motifs is 1. The van der Waals surface area contributed by atoms with Crippen molar-refractivity contribution in [2.24, 2.45) is 28.2 Å². The number of carbonyl (C=O) groups excluding carboxylic acids is 5. The molecule has 13 nitrogen and oxygen atoms in total. The van der Waals surface area contributed by atoms with E-state index in [1.54, 1.807) is 37.9 Å². The number of ether oxygens (including phenoxy) is 2. The van der Waals surface area contributed by atoms with Crippen LogP contribution >= 0.6 is 11.8 Å². The maximum Gasteiger partial charge on any atom is 0.328 e. The molecular weight excluding hydrogens is 723 g/mol. The van der Waals surface area contributed by atoms with Gasteiger partial charge in [0.15, 0.2) is 0 Å². The number of hydrogen-bond acceptors (Lipinski definition) is 10. The molecule has 0 aromatic heterocycles. The van der Waals surface area contributed by atoms with Crippen molar-refractivity contribution in [2.75, 3.05) is 19.9 Å². The van der Waals surface area contributed by atoms with Gasteiger partial charge in [0.1, 0.15) is 36.0 Å². The van der Waals surface area contributed by atoms with Crippen LogP contribution in [0.1, 0.15) is 100.0 Å². The normalized spacial score (nSPS) is 30.8. The number of methoxy groups -OCH3 is 1. The van der Waals surface area contributed by atoms with E-state index in [1.807, 2.05) is 60.6 Å². The van der Waals surface area contributed by atoms with E-state index >= 15 is 0 Å². The maximum absolute atomic E-state index is 14.0. The number of benzene rings is 1. The minimum absolute atomic E-state index is 0.000663. The second-order valence-corrected chi connectivity index (χ2v) is 17.6. The van der Waals surface area contributed by atoms with Crippen molar-refractivity contribution in [3.63, 3.8) is 0 Å². The molecule has 0 saturated carbocycles. The number of amides is 4. The highest BCUT2D eigenvalue weighted by atomic mass is 32.2. The van der Waals surface area contributed by atoms with Crippen LogP contribution in [-0.2, 0) is 35.1 Å². The molecule has 55 heavy (non-hydrogen) atoms. The molecule has 0 radical (unpaired) electrons. The van der Waals surface area contributed by atoms with Crippen molar-refractivity contribution in [1.29, 1.82) is 0 Å². The average Bonchev–Trinajstić information content (AvgIpc) is 3.62. The van der Waals surface area contributed by atoms with Crippen molar-refractivity contribution in [2.45, 2.75) is 143 Å². The molecule has 4 N–H and O–H groups in total. The summed E-state index contributed by atoms with van der Waals surface area (Å²) in [5, 5.41) is 20.6. The smallest absolute Gasteiger partial charge is 0.328 e. The molecule has 0 aliphatic carbocycles. The maximum atomic E-state index is 14.0. The zero-order chi connectivity index (χ0) is 41.2. The Morgan fingerprint density at radius 1 is 1.00 bits per heavy atom. The summed E-state index contributed by atoms with van der Waals surface area (Å²) in [4.78, 5) is 74.5. The van der Waals surface area contributed by atoms with E-state index in [9.17, 15) is 29.1 Å². The summed E-state index contributed by atoms with van der Waals surface area (Å²) in [6, 6.07) is 3.04. The largest absolute Gasteiger partial charge is 0.497 e. The molecule has 4 amide bonds. The number of carbonyl (C=O) groups is 5. The first-order valence-corrected chi connectivity index (χ1v) is 20.6. The van der Waals surface area contributed by atoms with Crippen molar-refractivity contribution in [1.82, 2.24) is 20.9 Å². The summed E-state index contributed by atoms with van der Waals surface area (Å²) in [5.41, 5.74) is 0.358. The number of aliphatic imine (C=N–C) groups is 1. The van der Waals surface area contributed by atoms with Crippen LogP contribution in [0, 0.1) is 23.2 Å². The van der Waals surface area contributed by atoms with Gasteiger partial charge in [0.25, 0.3) is 0 Å². The van der Waals surface area contributed by atoms with E-state index in [0.717, 1.165) is 10.6 Å². The van der Waals surface area contributed by atoms with Gasteiger partial charge in [-0.25, -0.2) is 4.79 Å². The highest BCUT2D eigenvalue weighted by Crippen LogP contribution is 2.33. The molecule has 2 heterocycles. The van der Waals surface area contributed by atoms with Crippen LogP contribution in [0.3, 0.4) is 0 Å². The number of aliphatic hydroxyl groups excluding tert-OH is 1. The van der Waals surface area contributed by atoms with E-state index < -0.39 is 65.5 Å². The second kappa shape index (κ2) is 20.5. The Morgan fingerprint density at radius 3 is 2.25 bits per heavy atom. The summed E-state index contributed by atoms with van der Waals surface area (Å²) >= 11 is 1.59. The van der Waals surface area contributed by atoms with Crippen molar-refractivity contribution in [3.05, 3.63) is 29.8 Å². The Hall–Kier alpha value is -3.65. The molecule has 0 unspecified atom stereocenters. The van der Waals surface area contributed by atoms with Crippen molar-refractivity contribution in [3.8, 4) is 5.75 Å². The van der Waals surface area contributed by atoms with Gasteiger partial charge in [-0.3, -0.25) is 24.2 Å². The van der Waals surface area contributed by atoms with Gasteiger partial charge < -0.3 is 35.4 Å². The molecule has 0 fully saturated rings. The van der Waals surface area contributed by atoms with E-state index in [2.05, 4.69) is 16.0 Å². The van der Waals surface area contributed by atoms with Crippen LogP contribution in [0.5, 0.6) is 5.75 Å². The average molecular weight is 788 g/mol. The summed E-state index contributed by atoms with van der Waals surface area (Å²) in [7, 11) is 3.07. The van der Waals surface area contributed by atoms with Crippen LogP contribution in [0.15, 0.2) is 29.3 Å². The molecule has 2 aliphatic heterocycles.